The fourth-order valence-electron chi connectivity index (χ4n) is 2.98. The first-order valence-electron chi connectivity index (χ1n) is 8.05. The van der Waals surface area contributed by atoms with Crippen LogP contribution in [0.4, 0.5) is 0 Å². The van der Waals surface area contributed by atoms with Crippen LogP contribution < -0.4 is 11.3 Å². The molecule has 4 rings (SSSR count). The van der Waals surface area contributed by atoms with Crippen molar-refractivity contribution < 1.29 is 4.42 Å². The van der Waals surface area contributed by atoms with Crippen LogP contribution in [0.5, 0.6) is 0 Å². The van der Waals surface area contributed by atoms with Crippen molar-refractivity contribution >= 4 is 33.5 Å². The van der Waals surface area contributed by atoms with Gasteiger partial charge in [-0.15, -0.1) is 0 Å². The SMILES string of the molecule is NCCCn1c(-c2ccc3occc3c2)nc2cc(Cl)ccc2c1=O. The van der Waals surface area contributed by atoms with Gasteiger partial charge in [0.1, 0.15) is 11.4 Å². The number of nitrogens with zero attached hydrogens (tertiary/aromatic N) is 2. The third-order valence-corrected chi connectivity index (χ3v) is 4.45. The third kappa shape index (κ3) is 2.81. The van der Waals surface area contributed by atoms with Gasteiger partial charge in [0, 0.05) is 22.5 Å². The molecule has 0 aliphatic carbocycles. The van der Waals surface area contributed by atoms with Crippen molar-refractivity contribution in [2.75, 3.05) is 6.54 Å². The highest BCUT2D eigenvalue weighted by molar-refractivity contribution is 6.31. The molecule has 25 heavy (non-hydrogen) atoms. The van der Waals surface area contributed by atoms with E-state index < -0.39 is 0 Å². The van der Waals surface area contributed by atoms with Crippen molar-refractivity contribution in [2.24, 2.45) is 5.73 Å². The number of fused-ring (bicyclic) bond motifs is 2. The molecule has 5 nitrogen and oxygen atoms in total. The molecule has 0 aliphatic rings. The maximum Gasteiger partial charge on any atom is 0.261 e. The summed E-state index contributed by atoms with van der Waals surface area (Å²) >= 11 is 6.08. The monoisotopic (exact) mass is 353 g/mol. The maximum absolute atomic E-state index is 13.0. The molecule has 2 heterocycles. The molecule has 0 saturated heterocycles. The van der Waals surface area contributed by atoms with Crippen molar-refractivity contribution in [3.8, 4) is 11.4 Å². The van der Waals surface area contributed by atoms with Gasteiger partial charge in [0.15, 0.2) is 0 Å². The quantitative estimate of drug-likeness (QED) is 0.605. The van der Waals surface area contributed by atoms with Gasteiger partial charge in [-0.1, -0.05) is 11.6 Å². The van der Waals surface area contributed by atoms with Gasteiger partial charge < -0.3 is 10.2 Å². The van der Waals surface area contributed by atoms with Crippen molar-refractivity contribution in [3.63, 3.8) is 0 Å². The highest BCUT2D eigenvalue weighted by Gasteiger charge is 2.14. The molecule has 0 radical (unpaired) electrons. The minimum Gasteiger partial charge on any atom is -0.464 e. The topological polar surface area (TPSA) is 74.1 Å². The van der Waals surface area contributed by atoms with Gasteiger partial charge in [-0.05, 0) is 55.4 Å². The molecule has 0 atom stereocenters. The van der Waals surface area contributed by atoms with E-state index in [1.165, 1.54) is 0 Å². The van der Waals surface area contributed by atoms with Gasteiger partial charge in [0.05, 0.1) is 17.2 Å². The van der Waals surface area contributed by atoms with Crippen LogP contribution >= 0.6 is 11.6 Å². The van der Waals surface area contributed by atoms with Crippen LogP contribution in [-0.2, 0) is 6.54 Å². The Morgan fingerprint density at radius 3 is 2.88 bits per heavy atom. The third-order valence-electron chi connectivity index (χ3n) is 4.21. The standard InChI is InChI=1S/C19H16ClN3O2/c20-14-3-4-15-16(11-14)22-18(23(19(15)24)8-1-7-21)13-2-5-17-12(10-13)6-9-25-17/h2-6,9-11H,1,7-8,21H2. The van der Waals surface area contributed by atoms with Crippen LogP contribution in [0.25, 0.3) is 33.3 Å². The zero-order chi connectivity index (χ0) is 17.4. The van der Waals surface area contributed by atoms with E-state index in [0.29, 0.717) is 41.3 Å². The lowest BCUT2D eigenvalue weighted by Gasteiger charge is -2.13. The van der Waals surface area contributed by atoms with E-state index in [1.807, 2.05) is 24.3 Å². The molecular weight excluding hydrogens is 338 g/mol. The summed E-state index contributed by atoms with van der Waals surface area (Å²) in [5, 5.41) is 2.06. The Morgan fingerprint density at radius 2 is 2.04 bits per heavy atom. The van der Waals surface area contributed by atoms with Gasteiger partial charge in [-0.3, -0.25) is 9.36 Å². The molecule has 0 spiro atoms. The Bertz CT molecular complexity index is 1130. The van der Waals surface area contributed by atoms with E-state index in [9.17, 15) is 4.79 Å². The average Bonchev–Trinajstić information content (AvgIpc) is 3.08. The summed E-state index contributed by atoms with van der Waals surface area (Å²) in [5.74, 6) is 0.608. The lowest BCUT2D eigenvalue weighted by Crippen LogP contribution is -2.24. The number of aromatic nitrogens is 2. The number of hydrogen-bond donors (Lipinski definition) is 1. The molecule has 0 fully saturated rings. The lowest BCUT2D eigenvalue weighted by molar-refractivity contribution is 0.616. The van der Waals surface area contributed by atoms with Crippen LogP contribution in [0.3, 0.4) is 0 Å². The maximum atomic E-state index is 13.0. The first-order valence-corrected chi connectivity index (χ1v) is 8.43. The second-order valence-corrected chi connectivity index (χ2v) is 6.31. The van der Waals surface area contributed by atoms with E-state index in [-0.39, 0.29) is 5.56 Å². The van der Waals surface area contributed by atoms with E-state index in [1.54, 1.807) is 29.0 Å². The summed E-state index contributed by atoms with van der Waals surface area (Å²) in [4.78, 5) is 17.7. The second kappa shape index (κ2) is 6.35. The molecular formula is C19H16ClN3O2. The van der Waals surface area contributed by atoms with Crippen LogP contribution in [-0.4, -0.2) is 16.1 Å². The summed E-state index contributed by atoms with van der Waals surface area (Å²) in [5.41, 5.74) is 7.79. The molecule has 0 unspecified atom stereocenters. The molecule has 0 bridgehead atoms. The first kappa shape index (κ1) is 15.9. The molecule has 6 heteroatoms. The van der Waals surface area contributed by atoms with Gasteiger partial charge in [0.2, 0.25) is 0 Å². The molecule has 0 saturated carbocycles. The average molecular weight is 354 g/mol. The highest BCUT2D eigenvalue weighted by Crippen LogP contribution is 2.25. The largest absolute Gasteiger partial charge is 0.464 e. The summed E-state index contributed by atoms with van der Waals surface area (Å²) in [7, 11) is 0. The molecule has 2 N–H and O–H groups in total. The van der Waals surface area contributed by atoms with E-state index >= 15 is 0 Å². The van der Waals surface area contributed by atoms with Gasteiger partial charge in [0.25, 0.3) is 5.56 Å². The Kier molecular flexibility index (Phi) is 4.03. The summed E-state index contributed by atoms with van der Waals surface area (Å²) < 4.78 is 7.08. The summed E-state index contributed by atoms with van der Waals surface area (Å²) in [6.07, 6.45) is 2.34. The van der Waals surface area contributed by atoms with Crippen molar-refractivity contribution in [1.82, 2.24) is 9.55 Å². The molecule has 2 aromatic heterocycles. The number of halogens is 1. The number of hydrogen-bond acceptors (Lipinski definition) is 4. The van der Waals surface area contributed by atoms with E-state index in [2.05, 4.69) is 0 Å². The summed E-state index contributed by atoms with van der Waals surface area (Å²) in [6, 6.07) is 12.8. The Morgan fingerprint density at radius 1 is 1.16 bits per heavy atom. The fraction of sp³-hybridized carbons (Fsp3) is 0.158. The Balaban J connectivity index is 2.00. The number of nitrogens with two attached hydrogens (primary N) is 1. The summed E-state index contributed by atoms with van der Waals surface area (Å²) in [6.45, 7) is 1.02. The molecule has 126 valence electrons. The second-order valence-electron chi connectivity index (χ2n) is 5.87. The molecule has 0 aliphatic heterocycles. The molecule has 4 aromatic rings. The number of benzene rings is 2. The normalized spacial score (nSPS) is 11.4. The zero-order valence-corrected chi connectivity index (χ0v) is 14.2. The predicted octanol–water partition coefficient (Wildman–Crippen LogP) is 3.81. The van der Waals surface area contributed by atoms with Crippen LogP contribution in [0.2, 0.25) is 5.02 Å². The molecule has 2 aromatic carbocycles. The van der Waals surface area contributed by atoms with Crippen LogP contribution in [0, 0.1) is 0 Å². The minimum atomic E-state index is -0.0857. The lowest BCUT2D eigenvalue weighted by atomic mass is 10.1. The first-order chi connectivity index (χ1) is 12.2. The fourth-order valence-corrected chi connectivity index (χ4v) is 3.14. The van der Waals surface area contributed by atoms with Crippen LogP contribution in [0.15, 0.2) is 57.9 Å². The Labute approximate surface area is 148 Å². The predicted molar refractivity (Wildman–Crippen MR) is 99.9 cm³/mol. The van der Waals surface area contributed by atoms with Crippen molar-refractivity contribution in [2.45, 2.75) is 13.0 Å². The number of furan rings is 1. The minimum absolute atomic E-state index is 0.0857. The Hall–Kier alpha value is -2.63. The van der Waals surface area contributed by atoms with Crippen LogP contribution in [0.1, 0.15) is 6.42 Å². The van der Waals surface area contributed by atoms with Crippen molar-refractivity contribution in [1.29, 1.82) is 0 Å². The zero-order valence-electron chi connectivity index (χ0n) is 13.4. The van der Waals surface area contributed by atoms with E-state index in [0.717, 1.165) is 16.5 Å². The van der Waals surface area contributed by atoms with Gasteiger partial charge >= 0.3 is 0 Å². The van der Waals surface area contributed by atoms with Gasteiger partial charge in [-0.25, -0.2) is 4.98 Å². The molecule has 0 amide bonds. The highest BCUT2D eigenvalue weighted by atomic mass is 35.5. The van der Waals surface area contributed by atoms with E-state index in [4.69, 9.17) is 26.7 Å². The number of rotatable bonds is 4. The van der Waals surface area contributed by atoms with Crippen molar-refractivity contribution in [3.05, 3.63) is 64.1 Å². The smallest absolute Gasteiger partial charge is 0.261 e. The van der Waals surface area contributed by atoms with Gasteiger partial charge in [-0.2, -0.15) is 0 Å².